The SMILES string of the molecule is COCCc1ncc(CCOC)c(N)n1. The Kier molecular flexibility index (Phi) is 5.00. The van der Waals surface area contributed by atoms with Gasteiger partial charge in [0, 0.05) is 38.8 Å². The lowest BCUT2D eigenvalue weighted by Crippen LogP contribution is -2.07. The van der Waals surface area contributed by atoms with Crippen LogP contribution in [0.2, 0.25) is 0 Å². The first-order valence-electron chi connectivity index (χ1n) is 4.86. The molecule has 0 amide bonds. The topological polar surface area (TPSA) is 70.3 Å². The molecule has 0 saturated carbocycles. The fourth-order valence-corrected chi connectivity index (χ4v) is 1.18. The zero-order valence-electron chi connectivity index (χ0n) is 9.19. The maximum atomic E-state index is 5.79. The first-order chi connectivity index (χ1) is 7.27. The first-order valence-corrected chi connectivity index (χ1v) is 4.86. The summed E-state index contributed by atoms with van der Waals surface area (Å²) in [6.07, 6.45) is 3.19. The minimum atomic E-state index is 0.535. The summed E-state index contributed by atoms with van der Waals surface area (Å²) in [5.74, 6) is 1.25. The van der Waals surface area contributed by atoms with Crippen LogP contribution in [-0.4, -0.2) is 37.4 Å². The van der Waals surface area contributed by atoms with E-state index in [9.17, 15) is 0 Å². The van der Waals surface area contributed by atoms with Gasteiger partial charge in [-0.15, -0.1) is 0 Å². The molecule has 0 radical (unpaired) electrons. The van der Waals surface area contributed by atoms with Crippen molar-refractivity contribution in [1.29, 1.82) is 0 Å². The molecule has 0 bridgehead atoms. The fourth-order valence-electron chi connectivity index (χ4n) is 1.18. The molecule has 0 saturated heterocycles. The van der Waals surface area contributed by atoms with Crippen LogP contribution in [0.1, 0.15) is 11.4 Å². The molecule has 0 unspecified atom stereocenters. The molecule has 15 heavy (non-hydrogen) atoms. The monoisotopic (exact) mass is 211 g/mol. The molecule has 84 valence electrons. The molecule has 0 aliphatic heterocycles. The van der Waals surface area contributed by atoms with E-state index in [1.807, 2.05) is 0 Å². The number of hydrogen-bond acceptors (Lipinski definition) is 5. The molecule has 0 spiro atoms. The van der Waals surface area contributed by atoms with Gasteiger partial charge in [-0.3, -0.25) is 0 Å². The molecule has 0 aliphatic rings. The molecule has 1 rings (SSSR count). The highest BCUT2D eigenvalue weighted by Crippen LogP contribution is 2.08. The number of methoxy groups -OCH3 is 2. The highest BCUT2D eigenvalue weighted by Gasteiger charge is 2.03. The maximum Gasteiger partial charge on any atom is 0.132 e. The highest BCUT2D eigenvalue weighted by atomic mass is 16.5. The summed E-state index contributed by atoms with van der Waals surface area (Å²) in [6, 6.07) is 0. The smallest absolute Gasteiger partial charge is 0.132 e. The molecule has 0 atom stereocenters. The van der Waals surface area contributed by atoms with Crippen molar-refractivity contribution in [3.05, 3.63) is 17.6 Å². The lowest BCUT2D eigenvalue weighted by atomic mass is 10.2. The zero-order chi connectivity index (χ0) is 11.1. The normalized spacial score (nSPS) is 10.5. The van der Waals surface area contributed by atoms with E-state index >= 15 is 0 Å². The summed E-state index contributed by atoms with van der Waals surface area (Å²) in [5.41, 5.74) is 6.72. The van der Waals surface area contributed by atoms with E-state index in [0.717, 1.165) is 17.8 Å². The minimum Gasteiger partial charge on any atom is -0.384 e. The second-order valence-electron chi connectivity index (χ2n) is 3.18. The Morgan fingerprint density at radius 1 is 1.20 bits per heavy atom. The van der Waals surface area contributed by atoms with Crippen LogP contribution in [0.3, 0.4) is 0 Å². The molecule has 1 aromatic heterocycles. The Hall–Kier alpha value is -1.20. The van der Waals surface area contributed by atoms with Crippen LogP contribution in [0.25, 0.3) is 0 Å². The van der Waals surface area contributed by atoms with Crippen molar-refractivity contribution in [3.8, 4) is 0 Å². The quantitative estimate of drug-likeness (QED) is 0.739. The number of anilines is 1. The number of nitrogen functional groups attached to an aromatic ring is 1. The summed E-state index contributed by atoms with van der Waals surface area (Å²) in [6.45, 7) is 1.24. The van der Waals surface area contributed by atoms with Gasteiger partial charge in [-0.05, 0) is 0 Å². The summed E-state index contributed by atoms with van der Waals surface area (Å²) in [7, 11) is 3.31. The maximum absolute atomic E-state index is 5.79. The van der Waals surface area contributed by atoms with E-state index in [4.69, 9.17) is 15.2 Å². The molecule has 0 fully saturated rings. The largest absolute Gasteiger partial charge is 0.384 e. The van der Waals surface area contributed by atoms with Gasteiger partial charge in [0.05, 0.1) is 13.2 Å². The summed E-state index contributed by atoms with van der Waals surface area (Å²) >= 11 is 0. The van der Waals surface area contributed by atoms with Gasteiger partial charge in [0.25, 0.3) is 0 Å². The van der Waals surface area contributed by atoms with Gasteiger partial charge in [-0.25, -0.2) is 9.97 Å². The second-order valence-corrected chi connectivity index (χ2v) is 3.18. The van der Waals surface area contributed by atoms with Gasteiger partial charge >= 0.3 is 0 Å². The van der Waals surface area contributed by atoms with Crippen LogP contribution >= 0.6 is 0 Å². The van der Waals surface area contributed by atoms with Crippen molar-refractivity contribution in [3.63, 3.8) is 0 Å². The molecule has 1 heterocycles. The number of hydrogen-bond donors (Lipinski definition) is 1. The average Bonchev–Trinajstić information content (AvgIpc) is 2.25. The standard InChI is InChI=1S/C10H17N3O2/c1-14-5-3-8-7-12-9(4-6-15-2)13-10(8)11/h7H,3-6H2,1-2H3,(H2,11,12,13). The van der Waals surface area contributed by atoms with Crippen LogP contribution < -0.4 is 5.73 Å². The molecule has 2 N–H and O–H groups in total. The lowest BCUT2D eigenvalue weighted by molar-refractivity contribution is 0.200. The summed E-state index contributed by atoms with van der Waals surface area (Å²) in [5, 5.41) is 0. The number of nitrogens with zero attached hydrogens (tertiary/aromatic N) is 2. The fraction of sp³-hybridized carbons (Fsp3) is 0.600. The zero-order valence-corrected chi connectivity index (χ0v) is 9.19. The minimum absolute atomic E-state index is 0.535. The van der Waals surface area contributed by atoms with Gasteiger partial charge in [0.2, 0.25) is 0 Å². The van der Waals surface area contributed by atoms with Gasteiger partial charge in [-0.1, -0.05) is 0 Å². The van der Waals surface area contributed by atoms with E-state index in [0.29, 0.717) is 25.5 Å². The van der Waals surface area contributed by atoms with Gasteiger partial charge < -0.3 is 15.2 Å². The third-order valence-electron chi connectivity index (χ3n) is 2.05. The Balaban J connectivity index is 2.61. The van der Waals surface area contributed by atoms with E-state index in [-0.39, 0.29) is 0 Å². The van der Waals surface area contributed by atoms with Crippen molar-refractivity contribution < 1.29 is 9.47 Å². The van der Waals surface area contributed by atoms with Crippen molar-refractivity contribution >= 4 is 5.82 Å². The third-order valence-corrected chi connectivity index (χ3v) is 2.05. The number of ether oxygens (including phenoxy) is 2. The predicted molar refractivity (Wildman–Crippen MR) is 57.6 cm³/mol. The van der Waals surface area contributed by atoms with Gasteiger partial charge in [0.15, 0.2) is 0 Å². The second kappa shape index (κ2) is 6.31. The average molecular weight is 211 g/mol. The Morgan fingerprint density at radius 3 is 2.47 bits per heavy atom. The molecule has 0 aliphatic carbocycles. The van der Waals surface area contributed by atoms with Gasteiger partial charge in [0.1, 0.15) is 11.6 Å². The van der Waals surface area contributed by atoms with E-state index in [1.54, 1.807) is 20.4 Å². The highest BCUT2D eigenvalue weighted by molar-refractivity contribution is 5.37. The van der Waals surface area contributed by atoms with E-state index < -0.39 is 0 Å². The number of aromatic nitrogens is 2. The van der Waals surface area contributed by atoms with Crippen molar-refractivity contribution in [2.75, 3.05) is 33.2 Å². The summed E-state index contributed by atoms with van der Waals surface area (Å²) < 4.78 is 9.90. The van der Waals surface area contributed by atoms with Crippen LogP contribution in [0.15, 0.2) is 6.20 Å². The number of nitrogens with two attached hydrogens (primary N) is 1. The summed E-state index contributed by atoms with van der Waals surface area (Å²) in [4.78, 5) is 8.40. The Bertz CT molecular complexity index is 305. The first kappa shape index (κ1) is 11.9. The molecule has 1 aromatic rings. The molecular weight excluding hydrogens is 194 g/mol. The molecule has 0 aromatic carbocycles. The van der Waals surface area contributed by atoms with Crippen LogP contribution in [0.4, 0.5) is 5.82 Å². The lowest BCUT2D eigenvalue weighted by Gasteiger charge is -2.05. The third kappa shape index (κ3) is 3.81. The molecule has 5 nitrogen and oxygen atoms in total. The van der Waals surface area contributed by atoms with Crippen molar-refractivity contribution in [2.45, 2.75) is 12.8 Å². The van der Waals surface area contributed by atoms with Crippen molar-refractivity contribution in [2.24, 2.45) is 0 Å². The van der Waals surface area contributed by atoms with E-state index in [2.05, 4.69) is 9.97 Å². The van der Waals surface area contributed by atoms with Crippen molar-refractivity contribution in [1.82, 2.24) is 9.97 Å². The molecular formula is C10H17N3O2. The van der Waals surface area contributed by atoms with Crippen LogP contribution in [0.5, 0.6) is 0 Å². The molecule has 5 heteroatoms. The van der Waals surface area contributed by atoms with E-state index in [1.165, 1.54) is 0 Å². The van der Waals surface area contributed by atoms with Crippen LogP contribution in [-0.2, 0) is 22.3 Å². The van der Waals surface area contributed by atoms with Gasteiger partial charge in [-0.2, -0.15) is 0 Å². The number of rotatable bonds is 6. The van der Waals surface area contributed by atoms with Crippen LogP contribution in [0, 0.1) is 0 Å². The predicted octanol–water partition coefficient (Wildman–Crippen LogP) is 0.437. The Labute approximate surface area is 89.6 Å². The Morgan fingerprint density at radius 2 is 1.87 bits per heavy atom.